The van der Waals surface area contributed by atoms with Crippen molar-refractivity contribution in [1.82, 2.24) is 5.32 Å². The Balaban J connectivity index is 2.12. The monoisotopic (exact) mass is 95.1 g/mol. The van der Waals surface area contributed by atoms with Crippen molar-refractivity contribution in [2.75, 3.05) is 6.54 Å². The molecule has 1 heterocycles. The van der Waals surface area contributed by atoms with Gasteiger partial charge in [0.25, 0.3) is 0 Å². The number of hydrogen-bond donors (Lipinski definition) is 1. The lowest BCUT2D eigenvalue weighted by atomic mass is 10.3. The lowest BCUT2D eigenvalue weighted by molar-refractivity contribution is 0.689. The van der Waals surface area contributed by atoms with Crippen molar-refractivity contribution >= 4 is 0 Å². The van der Waals surface area contributed by atoms with E-state index >= 15 is 0 Å². The van der Waals surface area contributed by atoms with Crippen LogP contribution in [0.5, 0.6) is 0 Å². The van der Waals surface area contributed by atoms with Gasteiger partial charge in [0.2, 0.25) is 0 Å². The third-order valence-corrected chi connectivity index (χ3v) is 3.01. The fraction of sp³-hybridized carbons (Fsp3) is 1.00. The van der Waals surface area contributed by atoms with Crippen molar-refractivity contribution in [2.24, 2.45) is 11.3 Å². The predicted octanol–water partition coefficient (Wildman–Crippen LogP) is 0.368. The molecule has 0 aromatic heterocycles. The largest absolute Gasteiger partial charge is 0.313 e. The average molecular weight is 95.1 g/mol. The molecule has 7 heavy (non-hydrogen) atoms. The third kappa shape index (κ3) is 0.177. The summed E-state index contributed by atoms with van der Waals surface area (Å²) >= 11 is 0. The molecule has 3 fully saturated rings. The summed E-state index contributed by atoms with van der Waals surface area (Å²) < 4.78 is 0. The normalized spacial score (nSPS) is 72.0. The van der Waals surface area contributed by atoms with Crippen molar-refractivity contribution in [2.45, 2.75) is 18.9 Å². The lowest BCUT2D eigenvalue weighted by Gasteiger charge is -1.90. The molecule has 0 bridgehead atoms. The summed E-state index contributed by atoms with van der Waals surface area (Å²) in [6.45, 7) is 1.34. The molecule has 1 spiro atoms. The first kappa shape index (κ1) is 3.08. The predicted molar refractivity (Wildman–Crippen MR) is 26.9 cm³/mol. The summed E-state index contributed by atoms with van der Waals surface area (Å²) in [4.78, 5) is 0. The van der Waals surface area contributed by atoms with Crippen LogP contribution in [0.25, 0.3) is 0 Å². The van der Waals surface area contributed by atoms with Gasteiger partial charge in [0, 0.05) is 6.04 Å². The van der Waals surface area contributed by atoms with Crippen LogP contribution in [-0.2, 0) is 0 Å². The lowest BCUT2D eigenvalue weighted by Crippen LogP contribution is -2.14. The van der Waals surface area contributed by atoms with Crippen molar-refractivity contribution in [1.29, 1.82) is 0 Å². The van der Waals surface area contributed by atoms with Crippen LogP contribution < -0.4 is 5.32 Å². The molecule has 1 N–H and O–H groups in total. The molecule has 1 nitrogen and oxygen atoms in total. The Labute approximate surface area is 43.1 Å². The first-order valence-corrected chi connectivity index (χ1v) is 3.15. The highest BCUT2D eigenvalue weighted by molar-refractivity contribution is 5.27. The van der Waals surface area contributed by atoms with Crippen LogP contribution in [-0.4, -0.2) is 12.6 Å². The SMILES string of the molecule is C1NC2CC23C[C@@H]13. The molecule has 0 amide bonds. The highest BCUT2D eigenvalue weighted by Crippen LogP contribution is 2.73. The maximum absolute atomic E-state index is 3.48. The third-order valence-electron chi connectivity index (χ3n) is 3.01. The van der Waals surface area contributed by atoms with Gasteiger partial charge >= 0.3 is 0 Å². The smallest absolute Gasteiger partial charge is 0.0133 e. The summed E-state index contributed by atoms with van der Waals surface area (Å²) in [5.41, 5.74) is 0.917. The Kier molecular flexibility index (Phi) is 0.253. The van der Waals surface area contributed by atoms with E-state index in [1.807, 2.05) is 0 Å². The molecule has 1 saturated heterocycles. The van der Waals surface area contributed by atoms with Crippen LogP contribution in [0.3, 0.4) is 0 Å². The van der Waals surface area contributed by atoms with Crippen molar-refractivity contribution < 1.29 is 0 Å². The number of nitrogens with one attached hydrogen (secondary N) is 1. The molecule has 1 aliphatic heterocycles. The van der Waals surface area contributed by atoms with Crippen LogP contribution in [0.4, 0.5) is 0 Å². The molecule has 1 heteroatoms. The van der Waals surface area contributed by atoms with Gasteiger partial charge in [-0.15, -0.1) is 0 Å². The van der Waals surface area contributed by atoms with Crippen molar-refractivity contribution in [3.63, 3.8) is 0 Å². The van der Waals surface area contributed by atoms with Crippen molar-refractivity contribution in [3.8, 4) is 0 Å². The van der Waals surface area contributed by atoms with Gasteiger partial charge in [0.1, 0.15) is 0 Å². The van der Waals surface area contributed by atoms with Gasteiger partial charge in [-0.2, -0.15) is 0 Å². The molecular formula is C6H9N. The number of hydrogen-bond acceptors (Lipinski definition) is 1. The first-order chi connectivity index (χ1) is 3.42. The van der Waals surface area contributed by atoms with Gasteiger partial charge in [-0.05, 0) is 30.7 Å². The second-order valence-corrected chi connectivity index (χ2v) is 3.30. The Hall–Kier alpha value is -0.0400. The topological polar surface area (TPSA) is 12.0 Å². The van der Waals surface area contributed by atoms with E-state index in [1.165, 1.54) is 13.0 Å². The molecule has 3 aliphatic rings. The summed E-state index contributed by atoms with van der Waals surface area (Å²) in [5, 5.41) is 3.48. The Morgan fingerprint density at radius 1 is 1.43 bits per heavy atom. The molecule has 38 valence electrons. The Morgan fingerprint density at radius 3 is 2.57 bits per heavy atom. The van der Waals surface area contributed by atoms with Crippen LogP contribution in [0.2, 0.25) is 0 Å². The second-order valence-electron chi connectivity index (χ2n) is 3.30. The van der Waals surface area contributed by atoms with Gasteiger partial charge in [-0.1, -0.05) is 0 Å². The molecular weight excluding hydrogens is 86.1 g/mol. The van der Waals surface area contributed by atoms with E-state index in [0.29, 0.717) is 0 Å². The average Bonchev–Trinajstić information content (AvgIpc) is 2.49. The van der Waals surface area contributed by atoms with Crippen molar-refractivity contribution in [3.05, 3.63) is 0 Å². The second kappa shape index (κ2) is 0.576. The minimum absolute atomic E-state index is 0.917. The van der Waals surface area contributed by atoms with Crippen LogP contribution >= 0.6 is 0 Å². The summed E-state index contributed by atoms with van der Waals surface area (Å²) in [6, 6.07) is 0.984. The summed E-state index contributed by atoms with van der Waals surface area (Å²) in [7, 11) is 0. The fourth-order valence-corrected chi connectivity index (χ4v) is 2.23. The molecule has 0 radical (unpaired) electrons. The van der Waals surface area contributed by atoms with Gasteiger partial charge < -0.3 is 5.32 Å². The quantitative estimate of drug-likeness (QED) is 0.458. The molecule has 2 aliphatic carbocycles. The van der Waals surface area contributed by atoms with E-state index in [0.717, 1.165) is 17.4 Å². The number of rotatable bonds is 0. The zero-order chi connectivity index (χ0) is 4.48. The molecule has 3 rings (SSSR count). The van der Waals surface area contributed by atoms with Gasteiger partial charge in [0.15, 0.2) is 0 Å². The zero-order valence-electron chi connectivity index (χ0n) is 4.28. The Morgan fingerprint density at radius 2 is 2.43 bits per heavy atom. The van der Waals surface area contributed by atoms with Crippen LogP contribution in [0.15, 0.2) is 0 Å². The van der Waals surface area contributed by atoms with Crippen LogP contribution in [0, 0.1) is 11.3 Å². The summed E-state index contributed by atoms with van der Waals surface area (Å²) in [6.07, 6.45) is 3.07. The molecule has 2 unspecified atom stereocenters. The molecule has 3 atom stereocenters. The van der Waals surface area contributed by atoms with Gasteiger partial charge in [-0.25, -0.2) is 0 Å². The van der Waals surface area contributed by atoms with E-state index < -0.39 is 0 Å². The van der Waals surface area contributed by atoms with E-state index in [9.17, 15) is 0 Å². The highest BCUT2D eigenvalue weighted by atomic mass is 15.1. The van der Waals surface area contributed by atoms with Gasteiger partial charge in [0.05, 0.1) is 0 Å². The van der Waals surface area contributed by atoms with E-state index in [4.69, 9.17) is 0 Å². The summed E-state index contributed by atoms with van der Waals surface area (Å²) in [5.74, 6) is 1.12. The standard InChI is InChI=1S/C6H9N/c1-4-3-7-5-2-6(1,4)5/h4-5,7H,1-3H2/t4-,5?,6?/m0/s1. The van der Waals surface area contributed by atoms with E-state index in [1.54, 1.807) is 6.42 Å². The Bertz CT molecular complexity index is 110. The van der Waals surface area contributed by atoms with Gasteiger partial charge in [-0.3, -0.25) is 0 Å². The zero-order valence-corrected chi connectivity index (χ0v) is 4.28. The van der Waals surface area contributed by atoms with E-state index in [-0.39, 0.29) is 0 Å². The highest BCUT2D eigenvalue weighted by Gasteiger charge is 2.73. The maximum atomic E-state index is 3.48. The fourth-order valence-electron chi connectivity index (χ4n) is 2.23. The minimum atomic E-state index is 0.917. The first-order valence-electron chi connectivity index (χ1n) is 3.15. The maximum Gasteiger partial charge on any atom is 0.0133 e. The van der Waals surface area contributed by atoms with E-state index in [2.05, 4.69) is 5.32 Å². The molecule has 0 aromatic carbocycles. The van der Waals surface area contributed by atoms with Crippen LogP contribution in [0.1, 0.15) is 12.8 Å². The minimum Gasteiger partial charge on any atom is -0.313 e. The molecule has 0 aromatic rings. The molecule has 2 saturated carbocycles. The number of piperidine rings is 2.